The Kier molecular flexibility index (Phi) is 4.95. The molecule has 0 aliphatic carbocycles. The monoisotopic (exact) mass is 305 g/mol. The Hall–Kier alpha value is -2.61. The highest BCUT2D eigenvalue weighted by atomic mass is 19.4. The van der Waals surface area contributed by atoms with E-state index in [0.29, 0.717) is 17.0 Å². The van der Waals surface area contributed by atoms with E-state index in [0.717, 1.165) is 0 Å². The molecule has 0 unspecified atom stereocenters. The Morgan fingerprint density at radius 2 is 1.64 bits per heavy atom. The fourth-order valence-corrected chi connectivity index (χ4v) is 1.73. The molecule has 0 aliphatic rings. The Bertz CT molecular complexity index is 654. The third-order valence-electron chi connectivity index (χ3n) is 2.86. The summed E-state index contributed by atoms with van der Waals surface area (Å²) in [6.07, 6.45) is -4.47. The first-order chi connectivity index (χ1) is 10.5. The van der Waals surface area contributed by atoms with Crippen LogP contribution in [0.25, 0.3) is 0 Å². The number of ether oxygens (including phenoxy) is 1. The maximum atomic E-state index is 13.1. The maximum Gasteiger partial charge on any atom is 0.420 e. The number of halogens is 3. The van der Waals surface area contributed by atoms with E-state index in [1.807, 2.05) is 0 Å². The average molecular weight is 305 g/mol. The SMILES string of the molecule is COc1ccc(N[C@H](C#Cc2ccccc2)C(F)(F)F)cc1. The van der Waals surface area contributed by atoms with Crippen molar-refractivity contribution in [1.82, 2.24) is 0 Å². The van der Waals surface area contributed by atoms with Gasteiger partial charge in [-0.05, 0) is 36.4 Å². The zero-order valence-corrected chi connectivity index (χ0v) is 11.8. The van der Waals surface area contributed by atoms with Gasteiger partial charge in [0.2, 0.25) is 0 Å². The zero-order valence-electron chi connectivity index (χ0n) is 11.8. The van der Waals surface area contributed by atoms with Crippen molar-refractivity contribution in [3.63, 3.8) is 0 Å². The Morgan fingerprint density at radius 3 is 2.18 bits per heavy atom. The number of hydrogen-bond donors (Lipinski definition) is 1. The number of methoxy groups -OCH3 is 1. The van der Waals surface area contributed by atoms with Crippen molar-refractivity contribution in [2.75, 3.05) is 12.4 Å². The van der Waals surface area contributed by atoms with Crippen LogP contribution in [0.15, 0.2) is 54.6 Å². The summed E-state index contributed by atoms with van der Waals surface area (Å²) in [4.78, 5) is 0. The molecule has 2 rings (SSSR count). The van der Waals surface area contributed by atoms with E-state index in [1.54, 1.807) is 42.5 Å². The molecule has 0 bridgehead atoms. The predicted molar refractivity (Wildman–Crippen MR) is 79.8 cm³/mol. The molecule has 0 aromatic heterocycles. The summed E-state index contributed by atoms with van der Waals surface area (Å²) in [5, 5.41) is 2.39. The molecule has 2 aromatic carbocycles. The number of anilines is 1. The minimum atomic E-state index is -4.47. The molecule has 5 heteroatoms. The molecule has 0 heterocycles. The second-order valence-electron chi connectivity index (χ2n) is 4.48. The van der Waals surface area contributed by atoms with E-state index >= 15 is 0 Å². The lowest BCUT2D eigenvalue weighted by molar-refractivity contribution is -0.130. The molecule has 0 saturated heterocycles. The van der Waals surface area contributed by atoms with Crippen LogP contribution in [0.1, 0.15) is 5.56 Å². The second-order valence-corrected chi connectivity index (χ2v) is 4.48. The Labute approximate surface area is 126 Å². The molecule has 0 spiro atoms. The topological polar surface area (TPSA) is 21.3 Å². The standard InChI is InChI=1S/C17H14F3NO/c1-22-15-10-8-14(9-11-15)21-16(17(18,19)20)12-7-13-5-3-2-4-6-13/h2-6,8-11,16,21H,1H3/t16-/m1/s1. The van der Waals surface area contributed by atoms with Gasteiger partial charge in [0, 0.05) is 11.3 Å². The van der Waals surface area contributed by atoms with Crippen molar-refractivity contribution in [3.05, 3.63) is 60.2 Å². The highest BCUT2D eigenvalue weighted by Gasteiger charge is 2.38. The van der Waals surface area contributed by atoms with E-state index in [9.17, 15) is 13.2 Å². The number of nitrogens with one attached hydrogen (secondary N) is 1. The highest BCUT2D eigenvalue weighted by molar-refractivity contribution is 5.49. The summed E-state index contributed by atoms with van der Waals surface area (Å²) in [6.45, 7) is 0. The molecule has 2 aromatic rings. The van der Waals surface area contributed by atoms with Crippen LogP contribution in [0.4, 0.5) is 18.9 Å². The van der Waals surface area contributed by atoms with E-state index < -0.39 is 12.2 Å². The average Bonchev–Trinajstić information content (AvgIpc) is 2.52. The van der Waals surface area contributed by atoms with Gasteiger partial charge in [-0.3, -0.25) is 0 Å². The van der Waals surface area contributed by atoms with Gasteiger partial charge in [0.1, 0.15) is 5.75 Å². The number of rotatable bonds is 3. The van der Waals surface area contributed by atoms with Gasteiger partial charge in [0.05, 0.1) is 7.11 Å². The quantitative estimate of drug-likeness (QED) is 0.862. The molecule has 0 radical (unpaired) electrons. The fourth-order valence-electron chi connectivity index (χ4n) is 1.73. The molecule has 1 N–H and O–H groups in total. The number of hydrogen-bond acceptors (Lipinski definition) is 2. The van der Waals surface area contributed by atoms with Gasteiger partial charge in [-0.15, -0.1) is 0 Å². The van der Waals surface area contributed by atoms with Crippen LogP contribution in [0.5, 0.6) is 5.75 Å². The van der Waals surface area contributed by atoms with E-state index in [1.165, 1.54) is 19.2 Å². The van der Waals surface area contributed by atoms with Gasteiger partial charge < -0.3 is 10.1 Å². The van der Waals surface area contributed by atoms with Crippen LogP contribution in [-0.4, -0.2) is 19.3 Å². The van der Waals surface area contributed by atoms with Crippen LogP contribution >= 0.6 is 0 Å². The summed E-state index contributed by atoms with van der Waals surface area (Å²) in [5.41, 5.74) is 0.860. The minimum Gasteiger partial charge on any atom is -0.497 e. The summed E-state index contributed by atoms with van der Waals surface area (Å²) in [6, 6.07) is 12.8. The molecular formula is C17H14F3NO. The molecule has 0 amide bonds. The molecule has 0 aliphatic heterocycles. The van der Waals surface area contributed by atoms with Gasteiger partial charge >= 0.3 is 6.18 Å². The fraction of sp³-hybridized carbons (Fsp3) is 0.176. The third-order valence-corrected chi connectivity index (χ3v) is 2.86. The van der Waals surface area contributed by atoms with Crippen LogP contribution in [0, 0.1) is 11.8 Å². The molecule has 0 fully saturated rings. The Morgan fingerprint density at radius 1 is 1.00 bits per heavy atom. The highest BCUT2D eigenvalue weighted by Crippen LogP contribution is 2.24. The van der Waals surface area contributed by atoms with Gasteiger partial charge in [-0.2, -0.15) is 13.2 Å². The van der Waals surface area contributed by atoms with Gasteiger partial charge in [0.15, 0.2) is 6.04 Å². The van der Waals surface area contributed by atoms with E-state index in [2.05, 4.69) is 17.2 Å². The van der Waals surface area contributed by atoms with Gasteiger partial charge in [-0.1, -0.05) is 30.0 Å². The zero-order chi connectivity index (χ0) is 16.0. The minimum absolute atomic E-state index is 0.325. The molecular weight excluding hydrogens is 291 g/mol. The van der Waals surface area contributed by atoms with Crippen molar-refractivity contribution < 1.29 is 17.9 Å². The smallest absolute Gasteiger partial charge is 0.420 e. The summed E-state index contributed by atoms with van der Waals surface area (Å²) in [7, 11) is 1.49. The molecule has 114 valence electrons. The van der Waals surface area contributed by atoms with Crippen LogP contribution in [0.3, 0.4) is 0 Å². The van der Waals surface area contributed by atoms with Crippen molar-refractivity contribution in [3.8, 4) is 17.6 Å². The summed E-state index contributed by atoms with van der Waals surface area (Å²) < 4.78 is 44.2. The van der Waals surface area contributed by atoms with E-state index in [4.69, 9.17) is 4.74 Å². The van der Waals surface area contributed by atoms with Crippen molar-refractivity contribution in [2.45, 2.75) is 12.2 Å². The lowest BCUT2D eigenvalue weighted by Gasteiger charge is -2.17. The van der Waals surface area contributed by atoms with Crippen molar-refractivity contribution >= 4 is 5.69 Å². The van der Waals surface area contributed by atoms with Crippen LogP contribution in [-0.2, 0) is 0 Å². The molecule has 1 atom stereocenters. The Balaban J connectivity index is 2.18. The lowest BCUT2D eigenvalue weighted by atomic mass is 10.2. The summed E-state index contributed by atoms with van der Waals surface area (Å²) in [5.74, 6) is 5.35. The first kappa shape index (κ1) is 15.8. The number of alkyl halides is 3. The number of benzene rings is 2. The third kappa shape index (κ3) is 4.45. The summed E-state index contributed by atoms with van der Waals surface area (Å²) >= 11 is 0. The van der Waals surface area contributed by atoms with Crippen molar-refractivity contribution in [1.29, 1.82) is 0 Å². The second kappa shape index (κ2) is 6.90. The molecule has 0 saturated carbocycles. The lowest BCUT2D eigenvalue weighted by Crippen LogP contribution is -2.34. The molecule has 22 heavy (non-hydrogen) atoms. The normalized spacial score (nSPS) is 12.0. The van der Waals surface area contributed by atoms with Crippen molar-refractivity contribution in [2.24, 2.45) is 0 Å². The predicted octanol–water partition coefficient (Wildman–Crippen LogP) is 4.09. The first-order valence-electron chi connectivity index (χ1n) is 6.53. The van der Waals surface area contributed by atoms with Crippen LogP contribution < -0.4 is 10.1 Å². The largest absolute Gasteiger partial charge is 0.497 e. The van der Waals surface area contributed by atoms with E-state index in [-0.39, 0.29) is 0 Å². The molecule has 2 nitrogen and oxygen atoms in total. The van der Waals surface area contributed by atoms with Gasteiger partial charge in [0.25, 0.3) is 0 Å². The maximum absolute atomic E-state index is 13.1. The van der Waals surface area contributed by atoms with Gasteiger partial charge in [-0.25, -0.2) is 0 Å². The van der Waals surface area contributed by atoms with Crippen LogP contribution in [0.2, 0.25) is 0 Å². The first-order valence-corrected chi connectivity index (χ1v) is 6.53.